The van der Waals surface area contributed by atoms with Crippen LogP contribution in [0.25, 0.3) is 0 Å². The van der Waals surface area contributed by atoms with Gasteiger partial charge in [0.05, 0.1) is 6.10 Å². The maximum atomic E-state index is 6.02. The van der Waals surface area contributed by atoms with Gasteiger partial charge in [-0.25, -0.2) is 0 Å². The molecule has 1 aliphatic carbocycles. The summed E-state index contributed by atoms with van der Waals surface area (Å²) in [5.74, 6) is 1.68. The first kappa shape index (κ1) is 15.4. The zero-order chi connectivity index (χ0) is 13.7. The molecule has 4 atom stereocenters. The summed E-state index contributed by atoms with van der Waals surface area (Å²) < 4.78 is 6.02. The van der Waals surface area contributed by atoms with Crippen LogP contribution in [0.1, 0.15) is 85.0 Å². The average Bonchev–Trinajstić information content (AvgIpc) is 2.74. The van der Waals surface area contributed by atoms with E-state index in [1.165, 1.54) is 64.2 Å². The lowest BCUT2D eigenvalue weighted by Gasteiger charge is -2.40. The van der Waals surface area contributed by atoms with E-state index in [1.54, 1.807) is 0 Å². The molecule has 2 unspecified atom stereocenters. The lowest BCUT2D eigenvalue weighted by atomic mass is 9.66. The van der Waals surface area contributed by atoms with Gasteiger partial charge in [0, 0.05) is 6.61 Å². The molecule has 0 bridgehead atoms. The molecule has 0 radical (unpaired) electrons. The lowest BCUT2D eigenvalue weighted by molar-refractivity contribution is 0.00933. The van der Waals surface area contributed by atoms with E-state index in [0.717, 1.165) is 18.4 Å². The van der Waals surface area contributed by atoms with Gasteiger partial charge in [-0.1, -0.05) is 59.3 Å². The van der Waals surface area contributed by atoms with E-state index in [0.29, 0.717) is 11.5 Å². The van der Waals surface area contributed by atoms with Crippen molar-refractivity contribution in [2.24, 2.45) is 17.3 Å². The summed E-state index contributed by atoms with van der Waals surface area (Å²) in [7, 11) is 0. The molecule has 0 aromatic carbocycles. The number of unbranched alkanes of at least 4 members (excludes halogenated alkanes) is 5. The van der Waals surface area contributed by atoms with Gasteiger partial charge in [-0.05, 0) is 42.9 Å². The van der Waals surface area contributed by atoms with Gasteiger partial charge in [-0.2, -0.15) is 0 Å². The van der Waals surface area contributed by atoms with E-state index >= 15 is 0 Å². The van der Waals surface area contributed by atoms with E-state index < -0.39 is 0 Å². The molecule has 0 aromatic rings. The minimum Gasteiger partial charge on any atom is -0.378 e. The standard InChI is InChI=1S/C18H34O/c1-4-5-6-7-8-9-11-18(3)12-10-16-15(2)14-19-17(16)13-18/h15-17H,4-14H2,1-3H3/t15?,16-,17+,18?/m0/s1. The molecule has 0 amide bonds. The predicted molar refractivity (Wildman–Crippen MR) is 82.3 cm³/mol. The van der Waals surface area contributed by atoms with Gasteiger partial charge in [-0.3, -0.25) is 0 Å². The smallest absolute Gasteiger partial charge is 0.0612 e. The Bertz CT molecular complexity index is 262. The largest absolute Gasteiger partial charge is 0.378 e. The van der Waals surface area contributed by atoms with Crippen LogP contribution >= 0.6 is 0 Å². The van der Waals surface area contributed by atoms with Crippen LogP contribution in [0.15, 0.2) is 0 Å². The van der Waals surface area contributed by atoms with Crippen molar-refractivity contribution in [1.29, 1.82) is 0 Å². The van der Waals surface area contributed by atoms with Crippen LogP contribution in [0, 0.1) is 17.3 Å². The van der Waals surface area contributed by atoms with Crippen molar-refractivity contribution in [1.82, 2.24) is 0 Å². The second-order valence-corrected chi connectivity index (χ2v) is 7.58. The van der Waals surface area contributed by atoms with Gasteiger partial charge in [0.2, 0.25) is 0 Å². The van der Waals surface area contributed by atoms with Gasteiger partial charge in [0.15, 0.2) is 0 Å². The van der Waals surface area contributed by atoms with Gasteiger partial charge >= 0.3 is 0 Å². The molecule has 1 heterocycles. The summed E-state index contributed by atoms with van der Waals surface area (Å²) in [6, 6.07) is 0. The highest BCUT2D eigenvalue weighted by atomic mass is 16.5. The van der Waals surface area contributed by atoms with Crippen molar-refractivity contribution in [2.75, 3.05) is 6.61 Å². The number of hydrogen-bond donors (Lipinski definition) is 0. The van der Waals surface area contributed by atoms with Crippen LogP contribution in [0.2, 0.25) is 0 Å². The third kappa shape index (κ3) is 4.21. The van der Waals surface area contributed by atoms with E-state index in [1.807, 2.05) is 0 Å². The molecule has 0 N–H and O–H groups in total. The summed E-state index contributed by atoms with van der Waals surface area (Å²) in [5, 5.41) is 0. The van der Waals surface area contributed by atoms with Gasteiger partial charge < -0.3 is 4.74 Å². The Hall–Kier alpha value is -0.0400. The third-order valence-corrected chi connectivity index (χ3v) is 5.69. The fraction of sp³-hybridized carbons (Fsp3) is 1.00. The van der Waals surface area contributed by atoms with Crippen LogP contribution in [-0.2, 0) is 4.74 Å². The molecule has 2 rings (SSSR count). The van der Waals surface area contributed by atoms with Gasteiger partial charge in [-0.15, -0.1) is 0 Å². The first-order chi connectivity index (χ1) is 9.14. The Kier molecular flexibility index (Phi) is 5.74. The Labute approximate surface area is 120 Å². The molecule has 0 aromatic heterocycles. The van der Waals surface area contributed by atoms with E-state index in [-0.39, 0.29) is 0 Å². The maximum absolute atomic E-state index is 6.02. The van der Waals surface area contributed by atoms with Crippen molar-refractivity contribution in [3.8, 4) is 0 Å². The van der Waals surface area contributed by atoms with Crippen LogP contribution in [-0.4, -0.2) is 12.7 Å². The van der Waals surface area contributed by atoms with E-state index in [9.17, 15) is 0 Å². The highest BCUT2D eigenvalue weighted by Crippen LogP contribution is 2.48. The van der Waals surface area contributed by atoms with Crippen LogP contribution in [0.4, 0.5) is 0 Å². The quantitative estimate of drug-likeness (QED) is 0.547. The second-order valence-electron chi connectivity index (χ2n) is 7.58. The second kappa shape index (κ2) is 7.11. The van der Waals surface area contributed by atoms with Crippen molar-refractivity contribution in [2.45, 2.75) is 91.1 Å². The molecule has 1 saturated carbocycles. The monoisotopic (exact) mass is 266 g/mol. The molecule has 112 valence electrons. The third-order valence-electron chi connectivity index (χ3n) is 5.69. The molecular formula is C18H34O. The molecule has 2 aliphatic rings. The zero-order valence-corrected chi connectivity index (χ0v) is 13.4. The first-order valence-corrected chi connectivity index (χ1v) is 8.76. The topological polar surface area (TPSA) is 9.23 Å². The summed E-state index contributed by atoms with van der Waals surface area (Å²) in [6.07, 6.45) is 14.8. The minimum atomic E-state index is 0.579. The normalized spacial score (nSPS) is 38.4. The predicted octanol–water partition coefficient (Wildman–Crippen LogP) is 5.58. The Morgan fingerprint density at radius 3 is 2.63 bits per heavy atom. The first-order valence-electron chi connectivity index (χ1n) is 8.76. The average molecular weight is 266 g/mol. The molecule has 19 heavy (non-hydrogen) atoms. The molecular weight excluding hydrogens is 232 g/mol. The molecule has 0 spiro atoms. The lowest BCUT2D eigenvalue weighted by Crippen LogP contribution is -2.34. The van der Waals surface area contributed by atoms with Gasteiger partial charge in [0.25, 0.3) is 0 Å². The van der Waals surface area contributed by atoms with E-state index in [2.05, 4.69) is 20.8 Å². The number of hydrogen-bond acceptors (Lipinski definition) is 1. The van der Waals surface area contributed by atoms with Crippen molar-refractivity contribution < 1.29 is 4.74 Å². The maximum Gasteiger partial charge on any atom is 0.0612 e. The minimum absolute atomic E-state index is 0.579. The van der Waals surface area contributed by atoms with Gasteiger partial charge in [0.1, 0.15) is 0 Å². The summed E-state index contributed by atoms with van der Waals surface area (Å²) in [5.41, 5.74) is 0.579. The van der Waals surface area contributed by atoms with Crippen molar-refractivity contribution >= 4 is 0 Å². The van der Waals surface area contributed by atoms with Crippen molar-refractivity contribution in [3.05, 3.63) is 0 Å². The highest BCUT2D eigenvalue weighted by molar-refractivity contribution is 4.93. The Morgan fingerprint density at radius 2 is 1.84 bits per heavy atom. The molecule has 1 heteroatoms. The molecule has 1 nitrogen and oxygen atoms in total. The number of rotatable bonds is 7. The fourth-order valence-corrected chi connectivity index (χ4v) is 4.23. The Balaban J connectivity index is 1.66. The summed E-state index contributed by atoms with van der Waals surface area (Å²) in [6.45, 7) is 8.20. The molecule has 2 fully saturated rings. The number of fused-ring (bicyclic) bond motifs is 1. The Morgan fingerprint density at radius 1 is 1.11 bits per heavy atom. The molecule has 1 saturated heterocycles. The summed E-state index contributed by atoms with van der Waals surface area (Å²) >= 11 is 0. The van der Waals surface area contributed by atoms with E-state index in [4.69, 9.17) is 4.74 Å². The van der Waals surface area contributed by atoms with Crippen LogP contribution in [0.5, 0.6) is 0 Å². The zero-order valence-electron chi connectivity index (χ0n) is 13.4. The highest BCUT2D eigenvalue weighted by Gasteiger charge is 2.43. The van der Waals surface area contributed by atoms with Crippen molar-refractivity contribution in [3.63, 3.8) is 0 Å². The van der Waals surface area contributed by atoms with Crippen LogP contribution < -0.4 is 0 Å². The SMILES string of the molecule is CCCCCCCCC1(C)CC[C@H]2C(C)CO[C@@H]2C1. The number of ether oxygens (including phenoxy) is 1. The summed E-state index contributed by atoms with van der Waals surface area (Å²) in [4.78, 5) is 0. The van der Waals surface area contributed by atoms with Crippen LogP contribution in [0.3, 0.4) is 0 Å². The fourth-order valence-electron chi connectivity index (χ4n) is 4.23. The molecule has 1 aliphatic heterocycles.